The van der Waals surface area contributed by atoms with Crippen LogP contribution < -0.4 is 15.2 Å². The van der Waals surface area contributed by atoms with Crippen molar-refractivity contribution in [3.63, 3.8) is 0 Å². The van der Waals surface area contributed by atoms with Gasteiger partial charge in [0.05, 0.1) is 19.3 Å². The van der Waals surface area contributed by atoms with Gasteiger partial charge in [0.15, 0.2) is 17.0 Å². The van der Waals surface area contributed by atoms with Crippen LogP contribution >= 0.6 is 0 Å². The zero-order chi connectivity index (χ0) is 18.5. The lowest BCUT2D eigenvalue weighted by Gasteiger charge is -2.13. The molecule has 1 aliphatic rings. The van der Waals surface area contributed by atoms with Crippen LogP contribution in [-0.2, 0) is 11.3 Å². The Hall–Kier alpha value is -2.09. The molecule has 2 atom stereocenters. The van der Waals surface area contributed by atoms with Crippen LogP contribution in [0.4, 0.5) is 5.82 Å². The van der Waals surface area contributed by atoms with E-state index < -0.39 is 0 Å². The SMILES string of the molecule is CCCC(C)Oc1nc(N)c2nc(OC)n(CCCC3CCCO3)c2n1. The zero-order valence-electron chi connectivity index (χ0n) is 15.9. The van der Waals surface area contributed by atoms with Gasteiger partial charge in [-0.05, 0) is 39.0 Å². The second-order valence-electron chi connectivity index (χ2n) is 6.81. The van der Waals surface area contributed by atoms with Crippen LogP contribution in [0.15, 0.2) is 0 Å². The lowest BCUT2D eigenvalue weighted by atomic mass is 10.1. The van der Waals surface area contributed by atoms with E-state index in [9.17, 15) is 0 Å². The van der Waals surface area contributed by atoms with Crippen molar-refractivity contribution in [3.05, 3.63) is 0 Å². The Balaban J connectivity index is 1.81. The van der Waals surface area contributed by atoms with Crippen LogP contribution in [-0.4, -0.2) is 45.4 Å². The molecular weight excluding hydrogens is 334 g/mol. The number of imidazole rings is 1. The highest BCUT2D eigenvalue weighted by Gasteiger charge is 2.20. The van der Waals surface area contributed by atoms with E-state index >= 15 is 0 Å². The smallest absolute Gasteiger partial charge is 0.320 e. The predicted molar refractivity (Wildman–Crippen MR) is 99.5 cm³/mol. The number of ether oxygens (including phenoxy) is 3. The highest BCUT2D eigenvalue weighted by molar-refractivity contribution is 5.83. The Morgan fingerprint density at radius 1 is 1.35 bits per heavy atom. The fourth-order valence-corrected chi connectivity index (χ4v) is 3.39. The number of hydrogen-bond acceptors (Lipinski definition) is 7. The molecule has 1 aliphatic heterocycles. The highest BCUT2D eigenvalue weighted by Crippen LogP contribution is 2.27. The minimum atomic E-state index is 0.0367. The zero-order valence-corrected chi connectivity index (χ0v) is 15.9. The number of anilines is 1. The van der Waals surface area contributed by atoms with E-state index in [4.69, 9.17) is 19.9 Å². The van der Waals surface area contributed by atoms with Gasteiger partial charge in [-0.1, -0.05) is 13.3 Å². The second kappa shape index (κ2) is 8.53. The number of nitrogen functional groups attached to an aromatic ring is 1. The van der Waals surface area contributed by atoms with E-state index in [1.807, 2.05) is 11.5 Å². The summed E-state index contributed by atoms with van der Waals surface area (Å²) in [6, 6.07) is 0.783. The average Bonchev–Trinajstić information content (AvgIpc) is 3.23. The summed E-state index contributed by atoms with van der Waals surface area (Å²) in [5, 5.41) is 0. The number of rotatable bonds is 9. The van der Waals surface area contributed by atoms with Crippen molar-refractivity contribution in [3.8, 4) is 12.0 Å². The Morgan fingerprint density at radius 3 is 2.88 bits per heavy atom. The highest BCUT2D eigenvalue weighted by atomic mass is 16.5. The molecule has 0 bridgehead atoms. The Kier molecular flexibility index (Phi) is 6.13. The quantitative estimate of drug-likeness (QED) is 0.731. The third-order valence-corrected chi connectivity index (χ3v) is 4.68. The molecule has 1 fully saturated rings. The maximum atomic E-state index is 6.09. The number of aromatic nitrogens is 4. The molecule has 3 heterocycles. The number of nitrogens with two attached hydrogens (primary N) is 1. The van der Waals surface area contributed by atoms with Crippen molar-refractivity contribution >= 4 is 17.0 Å². The number of nitrogens with zero attached hydrogens (tertiary/aromatic N) is 4. The van der Waals surface area contributed by atoms with Crippen molar-refractivity contribution in [1.29, 1.82) is 0 Å². The van der Waals surface area contributed by atoms with E-state index in [0.717, 1.165) is 51.7 Å². The van der Waals surface area contributed by atoms with Crippen molar-refractivity contribution in [1.82, 2.24) is 19.5 Å². The Morgan fingerprint density at radius 2 is 2.19 bits per heavy atom. The van der Waals surface area contributed by atoms with Crippen LogP contribution in [0, 0.1) is 0 Å². The minimum Gasteiger partial charge on any atom is -0.468 e. The third kappa shape index (κ3) is 4.17. The van der Waals surface area contributed by atoms with E-state index in [-0.39, 0.29) is 6.10 Å². The van der Waals surface area contributed by atoms with Gasteiger partial charge in [-0.2, -0.15) is 15.0 Å². The van der Waals surface area contributed by atoms with Crippen LogP contribution in [0.2, 0.25) is 0 Å². The van der Waals surface area contributed by atoms with Crippen molar-refractivity contribution in [2.24, 2.45) is 0 Å². The van der Waals surface area contributed by atoms with E-state index in [0.29, 0.717) is 35.1 Å². The lowest BCUT2D eigenvalue weighted by molar-refractivity contribution is 0.101. The summed E-state index contributed by atoms with van der Waals surface area (Å²) >= 11 is 0. The van der Waals surface area contributed by atoms with Crippen LogP contribution in [0.1, 0.15) is 52.4 Å². The topological polar surface area (TPSA) is 97.3 Å². The normalized spacial score (nSPS) is 18.3. The van der Waals surface area contributed by atoms with Gasteiger partial charge in [-0.3, -0.25) is 4.57 Å². The maximum Gasteiger partial charge on any atom is 0.320 e. The maximum absolute atomic E-state index is 6.09. The second-order valence-corrected chi connectivity index (χ2v) is 6.81. The predicted octanol–water partition coefficient (Wildman–Crippen LogP) is 2.94. The van der Waals surface area contributed by atoms with Gasteiger partial charge in [0.1, 0.15) is 0 Å². The summed E-state index contributed by atoms with van der Waals surface area (Å²) in [5.41, 5.74) is 7.29. The average molecular weight is 363 g/mol. The first kappa shape index (κ1) is 18.7. The van der Waals surface area contributed by atoms with Gasteiger partial charge in [0, 0.05) is 13.2 Å². The Labute approximate surface area is 154 Å². The molecule has 0 aliphatic carbocycles. The molecule has 2 aromatic heterocycles. The molecule has 0 aromatic carbocycles. The number of aryl methyl sites for hydroxylation is 1. The summed E-state index contributed by atoms with van der Waals surface area (Å²) in [4.78, 5) is 13.2. The largest absolute Gasteiger partial charge is 0.468 e. The first-order valence-electron chi connectivity index (χ1n) is 9.48. The molecule has 3 rings (SSSR count). The fourth-order valence-electron chi connectivity index (χ4n) is 3.39. The number of fused-ring (bicyclic) bond motifs is 1. The van der Waals surface area contributed by atoms with Gasteiger partial charge in [-0.25, -0.2) is 0 Å². The molecule has 2 aromatic rings. The summed E-state index contributed by atoms with van der Waals surface area (Å²) in [6.45, 7) is 5.74. The first-order valence-corrected chi connectivity index (χ1v) is 9.48. The number of hydrogen-bond donors (Lipinski definition) is 1. The minimum absolute atomic E-state index is 0.0367. The van der Waals surface area contributed by atoms with Crippen LogP contribution in [0.3, 0.4) is 0 Å². The van der Waals surface area contributed by atoms with E-state index in [1.54, 1.807) is 7.11 Å². The van der Waals surface area contributed by atoms with E-state index in [1.165, 1.54) is 0 Å². The standard InChI is InChI=1S/C18H29N5O3/c1-4-7-12(2)26-17-21-15(19)14-16(22-17)23(18(20-14)24-3)10-5-8-13-9-6-11-25-13/h12-13H,4-11H2,1-3H3,(H2,19,21,22). The van der Waals surface area contributed by atoms with Gasteiger partial charge < -0.3 is 19.9 Å². The monoisotopic (exact) mass is 363 g/mol. The van der Waals surface area contributed by atoms with Crippen molar-refractivity contribution in [2.45, 2.75) is 71.1 Å². The Bertz CT molecular complexity index is 727. The lowest BCUT2D eigenvalue weighted by Crippen LogP contribution is -2.14. The molecule has 2 N–H and O–H groups in total. The summed E-state index contributed by atoms with van der Waals surface area (Å²) in [5.74, 6) is 0.310. The molecule has 0 radical (unpaired) electrons. The molecule has 1 saturated heterocycles. The van der Waals surface area contributed by atoms with Gasteiger partial charge >= 0.3 is 6.01 Å². The molecule has 8 heteroatoms. The van der Waals surface area contributed by atoms with Crippen LogP contribution in [0.25, 0.3) is 11.2 Å². The molecule has 26 heavy (non-hydrogen) atoms. The van der Waals surface area contributed by atoms with Crippen LogP contribution in [0.5, 0.6) is 12.0 Å². The molecule has 144 valence electrons. The van der Waals surface area contributed by atoms with Crippen molar-refractivity contribution < 1.29 is 14.2 Å². The van der Waals surface area contributed by atoms with Gasteiger partial charge in [0.25, 0.3) is 6.01 Å². The summed E-state index contributed by atoms with van der Waals surface area (Å²) in [6.07, 6.45) is 6.64. The van der Waals surface area contributed by atoms with Gasteiger partial charge in [0.2, 0.25) is 0 Å². The summed E-state index contributed by atoms with van der Waals surface area (Å²) in [7, 11) is 1.60. The molecule has 0 spiro atoms. The molecule has 0 amide bonds. The third-order valence-electron chi connectivity index (χ3n) is 4.68. The summed E-state index contributed by atoms with van der Waals surface area (Å²) < 4.78 is 18.9. The van der Waals surface area contributed by atoms with Gasteiger partial charge in [-0.15, -0.1) is 0 Å². The molecule has 2 unspecified atom stereocenters. The van der Waals surface area contributed by atoms with E-state index in [2.05, 4.69) is 21.9 Å². The number of methoxy groups -OCH3 is 1. The van der Waals surface area contributed by atoms with Crippen molar-refractivity contribution in [2.75, 3.05) is 19.5 Å². The first-order chi connectivity index (χ1) is 12.6. The molecular formula is C18H29N5O3. The molecule has 0 saturated carbocycles. The fraction of sp³-hybridized carbons (Fsp3) is 0.722. The molecule has 8 nitrogen and oxygen atoms in total.